The number of aromatic amines is 1. The molecule has 1 aliphatic heterocycles. The van der Waals surface area contributed by atoms with E-state index in [-0.39, 0.29) is 17.5 Å². The third-order valence-electron chi connectivity index (χ3n) is 5.90. The molecule has 0 radical (unpaired) electrons. The van der Waals surface area contributed by atoms with E-state index in [1.807, 2.05) is 4.90 Å². The average Bonchev–Trinajstić information content (AvgIpc) is 3.51. The molecule has 174 valence electrons. The van der Waals surface area contributed by atoms with Crippen molar-refractivity contribution in [2.24, 2.45) is 0 Å². The van der Waals surface area contributed by atoms with E-state index in [9.17, 15) is 14.4 Å². The minimum atomic E-state index is -0.596. The number of benzene rings is 1. The van der Waals surface area contributed by atoms with Crippen LogP contribution < -0.4 is 10.1 Å². The van der Waals surface area contributed by atoms with E-state index in [0.717, 1.165) is 0 Å². The molecule has 1 aliphatic rings. The van der Waals surface area contributed by atoms with Gasteiger partial charge in [-0.1, -0.05) is 6.07 Å². The fourth-order valence-corrected chi connectivity index (χ4v) is 4.03. The molecule has 0 unspecified atom stereocenters. The molecule has 1 fully saturated rings. The zero-order valence-corrected chi connectivity index (χ0v) is 18.7. The summed E-state index contributed by atoms with van der Waals surface area (Å²) in [4.78, 5) is 44.7. The quantitative estimate of drug-likeness (QED) is 0.549. The molecular formula is C23H26N4O6. The summed E-state index contributed by atoms with van der Waals surface area (Å²) >= 11 is 0. The number of piperazine rings is 1. The number of carbonyl (C=O) groups is 3. The van der Waals surface area contributed by atoms with Crippen molar-refractivity contribution in [2.75, 3.05) is 45.7 Å². The summed E-state index contributed by atoms with van der Waals surface area (Å²) < 4.78 is 15.5. The zero-order valence-electron chi connectivity index (χ0n) is 18.7. The lowest BCUT2D eigenvalue weighted by Crippen LogP contribution is -2.54. The number of ether oxygens (including phenoxy) is 2. The largest absolute Gasteiger partial charge is 0.496 e. The highest BCUT2D eigenvalue weighted by Gasteiger charge is 2.30. The van der Waals surface area contributed by atoms with Crippen LogP contribution >= 0.6 is 0 Å². The molecule has 1 atom stereocenters. The van der Waals surface area contributed by atoms with Gasteiger partial charge in [0.15, 0.2) is 5.76 Å². The van der Waals surface area contributed by atoms with Crippen LogP contribution in [0.5, 0.6) is 5.75 Å². The lowest BCUT2D eigenvalue weighted by molar-refractivity contribution is -0.121. The van der Waals surface area contributed by atoms with Crippen molar-refractivity contribution in [3.8, 4) is 5.75 Å². The van der Waals surface area contributed by atoms with E-state index in [1.54, 1.807) is 42.2 Å². The van der Waals surface area contributed by atoms with Gasteiger partial charge in [-0.3, -0.25) is 14.5 Å². The van der Waals surface area contributed by atoms with Gasteiger partial charge < -0.3 is 29.1 Å². The van der Waals surface area contributed by atoms with Crippen LogP contribution in [0.1, 0.15) is 28.0 Å². The number of methoxy groups -OCH3 is 2. The van der Waals surface area contributed by atoms with Crippen LogP contribution in [0.4, 0.5) is 5.69 Å². The molecule has 1 saturated heterocycles. The molecule has 0 bridgehead atoms. The Morgan fingerprint density at radius 3 is 2.48 bits per heavy atom. The third kappa shape index (κ3) is 4.29. The smallest absolute Gasteiger partial charge is 0.356 e. The summed E-state index contributed by atoms with van der Waals surface area (Å²) in [6.45, 7) is 3.81. The minimum absolute atomic E-state index is 0.145. The second kappa shape index (κ2) is 9.37. The van der Waals surface area contributed by atoms with Gasteiger partial charge in [0, 0.05) is 26.2 Å². The van der Waals surface area contributed by atoms with E-state index < -0.39 is 12.0 Å². The summed E-state index contributed by atoms with van der Waals surface area (Å²) in [7, 11) is 2.81. The Morgan fingerprint density at radius 2 is 1.85 bits per heavy atom. The molecule has 0 saturated carbocycles. The molecule has 33 heavy (non-hydrogen) atoms. The number of esters is 1. The third-order valence-corrected chi connectivity index (χ3v) is 5.90. The lowest BCUT2D eigenvalue weighted by Gasteiger charge is -2.37. The van der Waals surface area contributed by atoms with Crippen LogP contribution in [-0.2, 0) is 9.53 Å². The molecule has 10 heteroatoms. The fourth-order valence-electron chi connectivity index (χ4n) is 4.03. The number of amides is 2. The Labute approximate surface area is 190 Å². The van der Waals surface area contributed by atoms with Crippen molar-refractivity contribution in [3.63, 3.8) is 0 Å². The normalized spacial score (nSPS) is 15.3. The van der Waals surface area contributed by atoms with Gasteiger partial charge in [0.2, 0.25) is 5.91 Å². The van der Waals surface area contributed by atoms with Crippen molar-refractivity contribution in [3.05, 3.63) is 48.0 Å². The Morgan fingerprint density at radius 1 is 1.09 bits per heavy atom. The minimum Gasteiger partial charge on any atom is -0.496 e. The predicted molar refractivity (Wildman–Crippen MR) is 120 cm³/mol. The van der Waals surface area contributed by atoms with Crippen molar-refractivity contribution < 1.29 is 28.3 Å². The van der Waals surface area contributed by atoms with E-state index in [2.05, 4.69) is 10.3 Å². The lowest BCUT2D eigenvalue weighted by atomic mass is 10.1. The predicted octanol–water partition coefficient (Wildman–Crippen LogP) is 2.34. The first-order valence-electron chi connectivity index (χ1n) is 10.6. The zero-order chi connectivity index (χ0) is 23.5. The molecular weight excluding hydrogens is 428 g/mol. The summed E-state index contributed by atoms with van der Waals surface area (Å²) in [6, 6.07) is 8.16. The van der Waals surface area contributed by atoms with Crippen LogP contribution in [-0.4, -0.2) is 79.0 Å². The van der Waals surface area contributed by atoms with Crippen molar-refractivity contribution in [1.82, 2.24) is 14.8 Å². The van der Waals surface area contributed by atoms with E-state index in [4.69, 9.17) is 13.9 Å². The Balaban J connectivity index is 1.49. The number of hydrogen-bond acceptors (Lipinski definition) is 7. The van der Waals surface area contributed by atoms with E-state index in [1.165, 1.54) is 20.5 Å². The summed E-state index contributed by atoms with van der Waals surface area (Å²) in [6.07, 6.45) is 1.47. The molecule has 3 heterocycles. The highest BCUT2D eigenvalue weighted by Crippen LogP contribution is 2.35. The maximum absolute atomic E-state index is 13.2. The SMILES string of the molecule is COC(=O)c1[nH]c2cccc(OC)c2c1NC(=O)[C@H](C)N1CCN(C(=O)c2ccco2)CC1. The van der Waals surface area contributed by atoms with Crippen molar-refractivity contribution in [1.29, 1.82) is 0 Å². The van der Waals surface area contributed by atoms with Crippen LogP contribution in [0.15, 0.2) is 41.0 Å². The number of rotatable bonds is 6. The van der Waals surface area contributed by atoms with Gasteiger partial charge >= 0.3 is 5.97 Å². The maximum Gasteiger partial charge on any atom is 0.356 e. The molecule has 2 amide bonds. The second-order valence-electron chi connectivity index (χ2n) is 7.72. The summed E-state index contributed by atoms with van der Waals surface area (Å²) in [5, 5.41) is 3.48. The number of H-pyrrole nitrogens is 1. The molecule has 1 aromatic carbocycles. The first-order chi connectivity index (χ1) is 15.9. The van der Waals surface area contributed by atoms with Crippen LogP contribution in [0.2, 0.25) is 0 Å². The standard InChI is InChI=1S/C23H26N4O6/c1-14(26-9-11-27(12-10-26)22(29)17-8-5-13-33-17)21(28)25-19-18-15(6-4-7-16(18)31-2)24-20(19)23(30)32-3/h4-8,13-14,24H,9-12H2,1-3H3,(H,25,28)/t14-/m0/s1. The number of furan rings is 1. The monoisotopic (exact) mass is 454 g/mol. The van der Waals surface area contributed by atoms with Gasteiger partial charge in [0.25, 0.3) is 5.91 Å². The van der Waals surface area contributed by atoms with Gasteiger partial charge in [-0.25, -0.2) is 4.79 Å². The molecule has 4 rings (SSSR count). The molecule has 3 aromatic rings. The molecule has 10 nitrogen and oxygen atoms in total. The first kappa shape index (κ1) is 22.4. The first-order valence-corrected chi connectivity index (χ1v) is 10.6. The average molecular weight is 454 g/mol. The summed E-state index contributed by atoms with van der Waals surface area (Å²) in [5.41, 5.74) is 1.10. The Bertz CT molecular complexity index is 1160. The maximum atomic E-state index is 13.2. The second-order valence-corrected chi connectivity index (χ2v) is 7.72. The number of anilines is 1. The van der Waals surface area contributed by atoms with Gasteiger partial charge in [0.1, 0.15) is 11.4 Å². The van der Waals surface area contributed by atoms with Crippen LogP contribution in [0.25, 0.3) is 10.9 Å². The highest BCUT2D eigenvalue weighted by molar-refractivity contribution is 6.13. The van der Waals surface area contributed by atoms with Gasteiger partial charge in [-0.15, -0.1) is 0 Å². The fraction of sp³-hybridized carbons (Fsp3) is 0.348. The molecule has 0 aliphatic carbocycles. The van der Waals surface area contributed by atoms with Gasteiger partial charge in [-0.05, 0) is 31.2 Å². The van der Waals surface area contributed by atoms with Crippen molar-refractivity contribution in [2.45, 2.75) is 13.0 Å². The molecule has 2 aromatic heterocycles. The van der Waals surface area contributed by atoms with Crippen LogP contribution in [0, 0.1) is 0 Å². The molecule has 2 N–H and O–H groups in total. The van der Waals surface area contributed by atoms with Gasteiger partial charge in [0.05, 0.1) is 43.1 Å². The summed E-state index contributed by atoms with van der Waals surface area (Å²) in [5.74, 6) is -0.214. The van der Waals surface area contributed by atoms with Gasteiger partial charge in [-0.2, -0.15) is 0 Å². The highest BCUT2D eigenvalue weighted by atomic mass is 16.5. The molecule has 0 spiro atoms. The Hall–Kier alpha value is -3.79. The number of hydrogen-bond donors (Lipinski definition) is 2. The number of nitrogens with zero attached hydrogens (tertiary/aromatic N) is 2. The number of fused-ring (bicyclic) bond motifs is 1. The van der Waals surface area contributed by atoms with Crippen molar-refractivity contribution >= 4 is 34.4 Å². The van der Waals surface area contributed by atoms with Crippen LogP contribution in [0.3, 0.4) is 0 Å². The number of nitrogens with one attached hydrogen (secondary N) is 2. The number of carbonyl (C=O) groups excluding carboxylic acids is 3. The number of aromatic nitrogens is 1. The van der Waals surface area contributed by atoms with E-state index >= 15 is 0 Å². The van der Waals surface area contributed by atoms with E-state index in [0.29, 0.717) is 54.3 Å². The Kier molecular flexibility index (Phi) is 6.36. The topological polar surface area (TPSA) is 117 Å².